The SMILES string of the molecule is O=C(O)C1COCCN1C(=O)CCOc1ccccc1. The number of aliphatic carboxylic acids is 1. The van der Waals surface area contributed by atoms with Crippen LogP contribution in [0.2, 0.25) is 0 Å². The second kappa shape index (κ2) is 6.91. The van der Waals surface area contributed by atoms with Crippen LogP contribution in [0.3, 0.4) is 0 Å². The first-order valence-electron chi connectivity index (χ1n) is 6.46. The summed E-state index contributed by atoms with van der Waals surface area (Å²) in [5, 5.41) is 9.06. The molecule has 1 unspecified atom stereocenters. The van der Waals surface area contributed by atoms with Crippen LogP contribution in [0.1, 0.15) is 6.42 Å². The molecule has 1 saturated heterocycles. The largest absolute Gasteiger partial charge is 0.493 e. The van der Waals surface area contributed by atoms with Crippen molar-refractivity contribution in [1.82, 2.24) is 4.90 Å². The summed E-state index contributed by atoms with van der Waals surface area (Å²) in [6.45, 7) is 0.948. The van der Waals surface area contributed by atoms with E-state index < -0.39 is 12.0 Å². The lowest BCUT2D eigenvalue weighted by molar-refractivity contribution is -0.158. The van der Waals surface area contributed by atoms with Gasteiger partial charge in [-0.2, -0.15) is 0 Å². The van der Waals surface area contributed by atoms with Crippen LogP contribution in [0.25, 0.3) is 0 Å². The Bertz CT molecular complexity index is 462. The number of carbonyl (C=O) groups is 2. The lowest BCUT2D eigenvalue weighted by Gasteiger charge is -2.32. The van der Waals surface area contributed by atoms with E-state index in [1.54, 1.807) is 12.1 Å². The van der Waals surface area contributed by atoms with Gasteiger partial charge in [0.2, 0.25) is 5.91 Å². The molecule has 108 valence electrons. The molecule has 1 fully saturated rings. The molecule has 6 heteroatoms. The summed E-state index contributed by atoms with van der Waals surface area (Å²) in [6, 6.07) is 8.29. The molecule has 1 aromatic rings. The minimum Gasteiger partial charge on any atom is -0.493 e. The zero-order chi connectivity index (χ0) is 14.4. The average Bonchev–Trinajstić information content (AvgIpc) is 2.48. The van der Waals surface area contributed by atoms with Gasteiger partial charge in [-0.05, 0) is 12.1 Å². The monoisotopic (exact) mass is 279 g/mol. The first kappa shape index (κ1) is 14.3. The van der Waals surface area contributed by atoms with E-state index in [2.05, 4.69) is 0 Å². The van der Waals surface area contributed by atoms with Crippen molar-refractivity contribution >= 4 is 11.9 Å². The fourth-order valence-corrected chi connectivity index (χ4v) is 2.02. The molecule has 2 rings (SSSR count). The van der Waals surface area contributed by atoms with Crippen molar-refractivity contribution in [2.75, 3.05) is 26.4 Å². The zero-order valence-electron chi connectivity index (χ0n) is 11.0. The number of carbonyl (C=O) groups excluding carboxylic acids is 1. The Morgan fingerprint density at radius 3 is 2.80 bits per heavy atom. The van der Waals surface area contributed by atoms with E-state index in [9.17, 15) is 9.59 Å². The molecule has 6 nitrogen and oxygen atoms in total. The Morgan fingerprint density at radius 2 is 2.10 bits per heavy atom. The van der Waals surface area contributed by atoms with E-state index in [1.807, 2.05) is 18.2 Å². The van der Waals surface area contributed by atoms with Crippen molar-refractivity contribution in [3.05, 3.63) is 30.3 Å². The summed E-state index contributed by atoms with van der Waals surface area (Å²) < 4.78 is 10.5. The van der Waals surface area contributed by atoms with Crippen LogP contribution in [0.15, 0.2) is 30.3 Å². The van der Waals surface area contributed by atoms with Crippen LogP contribution < -0.4 is 4.74 Å². The molecular formula is C14H17NO5. The first-order chi connectivity index (χ1) is 9.68. The number of amides is 1. The Hall–Kier alpha value is -2.08. The smallest absolute Gasteiger partial charge is 0.328 e. The molecule has 0 radical (unpaired) electrons. The number of carboxylic acids is 1. The van der Waals surface area contributed by atoms with E-state index in [-0.39, 0.29) is 25.5 Å². The molecule has 0 saturated carbocycles. The van der Waals surface area contributed by atoms with Crippen molar-refractivity contribution in [1.29, 1.82) is 0 Å². The Balaban J connectivity index is 1.83. The minimum absolute atomic E-state index is 0.0423. The maximum Gasteiger partial charge on any atom is 0.328 e. The molecule has 1 heterocycles. The highest BCUT2D eigenvalue weighted by Gasteiger charge is 2.32. The average molecular weight is 279 g/mol. The van der Waals surface area contributed by atoms with E-state index in [1.165, 1.54) is 4.90 Å². The molecule has 0 spiro atoms. The van der Waals surface area contributed by atoms with Gasteiger partial charge in [-0.1, -0.05) is 18.2 Å². The summed E-state index contributed by atoms with van der Waals surface area (Å²) in [7, 11) is 0. The van der Waals surface area contributed by atoms with Gasteiger partial charge in [0.1, 0.15) is 5.75 Å². The van der Waals surface area contributed by atoms with E-state index >= 15 is 0 Å². The first-order valence-corrected chi connectivity index (χ1v) is 6.46. The topological polar surface area (TPSA) is 76.1 Å². The van der Waals surface area contributed by atoms with Gasteiger partial charge >= 0.3 is 5.97 Å². The van der Waals surface area contributed by atoms with Crippen LogP contribution >= 0.6 is 0 Å². The quantitative estimate of drug-likeness (QED) is 0.861. The summed E-state index contributed by atoms with van der Waals surface area (Å²) >= 11 is 0. The molecule has 1 amide bonds. The van der Waals surface area contributed by atoms with Gasteiger partial charge in [0.05, 0.1) is 26.2 Å². The normalized spacial score (nSPS) is 18.6. The van der Waals surface area contributed by atoms with Gasteiger partial charge in [-0.15, -0.1) is 0 Å². The molecule has 1 aromatic carbocycles. The summed E-state index contributed by atoms with van der Waals surface area (Å²) in [5.41, 5.74) is 0. The zero-order valence-corrected chi connectivity index (χ0v) is 11.0. The van der Waals surface area contributed by atoms with Crippen LogP contribution in [0, 0.1) is 0 Å². The number of morpholine rings is 1. The summed E-state index contributed by atoms with van der Waals surface area (Å²) in [5.74, 6) is -0.573. The number of carboxylic acid groups (broad SMARTS) is 1. The number of hydrogen-bond donors (Lipinski definition) is 1. The van der Waals surface area contributed by atoms with Crippen molar-refractivity contribution in [2.24, 2.45) is 0 Å². The van der Waals surface area contributed by atoms with Crippen molar-refractivity contribution in [2.45, 2.75) is 12.5 Å². The summed E-state index contributed by atoms with van der Waals surface area (Å²) in [6.07, 6.45) is 0.151. The number of hydrogen-bond acceptors (Lipinski definition) is 4. The fourth-order valence-electron chi connectivity index (χ4n) is 2.02. The number of ether oxygens (including phenoxy) is 2. The number of nitrogens with zero attached hydrogens (tertiary/aromatic N) is 1. The maximum atomic E-state index is 12.0. The molecule has 1 aliphatic heterocycles. The second-order valence-corrected chi connectivity index (χ2v) is 4.43. The minimum atomic E-state index is -1.04. The molecular weight excluding hydrogens is 262 g/mol. The number of para-hydroxylation sites is 1. The molecule has 1 atom stereocenters. The third-order valence-electron chi connectivity index (χ3n) is 3.06. The van der Waals surface area contributed by atoms with Crippen LogP contribution in [0.5, 0.6) is 5.75 Å². The Morgan fingerprint density at radius 1 is 1.35 bits per heavy atom. The van der Waals surface area contributed by atoms with Gasteiger partial charge in [0.25, 0.3) is 0 Å². The Labute approximate surface area is 116 Å². The van der Waals surface area contributed by atoms with E-state index in [0.717, 1.165) is 0 Å². The molecule has 20 heavy (non-hydrogen) atoms. The highest BCUT2D eigenvalue weighted by molar-refractivity contribution is 5.84. The highest BCUT2D eigenvalue weighted by Crippen LogP contribution is 2.11. The lowest BCUT2D eigenvalue weighted by Crippen LogP contribution is -2.52. The molecule has 0 aliphatic carbocycles. The molecule has 0 bridgehead atoms. The predicted molar refractivity (Wildman–Crippen MR) is 70.5 cm³/mol. The third kappa shape index (κ3) is 3.71. The van der Waals surface area contributed by atoms with Crippen LogP contribution in [-0.2, 0) is 14.3 Å². The summed E-state index contributed by atoms with van der Waals surface area (Å²) in [4.78, 5) is 24.4. The van der Waals surface area contributed by atoms with Crippen molar-refractivity contribution in [3.63, 3.8) is 0 Å². The van der Waals surface area contributed by atoms with Gasteiger partial charge < -0.3 is 19.5 Å². The van der Waals surface area contributed by atoms with Crippen molar-refractivity contribution in [3.8, 4) is 5.75 Å². The fraction of sp³-hybridized carbons (Fsp3) is 0.429. The lowest BCUT2D eigenvalue weighted by atomic mass is 10.2. The molecule has 0 aromatic heterocycles. The van der Waals surface area contributed by atoms with Gasteiger partial charge in [0.15, 0.2) is 6.04 Å². The second-order valence-electron chi connectivity index (χ2n) is 4.43. The molecule has 1 aliphatic rings. The third-order valence-corrected chi connectivity index (χ3v) is 3.06. The predicted octanol–water partition coefficient (Wildman–Crippen LogP) is 0.767. The van der Waals surface area contributed by atoms with Crippen molar-refractivity contribution < 1.29 is 24.2 Å². The standard InChI is InChI=1S/C14H17NO5/c16-13(6-8-20-11-4-2-1-3-5-11)15-7-9-19-10-12(15)14(17)18/h1-5,12H,6-10H2,(H,17,18). The molecule has 1 N–H and O–H groups in total. The number of rotatable bonds is 5. The van der Waals surface area contributed by atoms with Gasteiger partial charge in [0, 0.05) is 6.54 Å². The van der Waals surface area contributed by atoms with Gasteiger partial charge in [-0.3, -0.25) is 4.79 Å². The van der Waals surface area contributed by atoms with E-state index in [4.69, 9.17) is 14.6 Å². The Kier molecular flexibility index (Phi) is 4.95. The van der Waals surface area contributed by atoms with Crippen LogP contribution in [0.4, 0.5) is 0 Å². The highest BCUT2D eigenvalue weighted by atomic mass is 16.5. The maximum absolute atomic E-state index is 12.0. The van der Waals surface area contributed by atoms with Gasteiger partial charge in [-0.25, -0.2) is 4.79 Å². The van der Waals surface area contributed by atoms with E-state index in [0.29, 0.717) is 18.9 Å². The number of benzene rings is 1. The van der Waals surface area contributed by atoms with Crippen LogP contribution in [-0.4, -0.2) is 54.3 Å².